The highest BCUT2D eigenvalue weighted by Gasteiger charge is 2.35. The Bertz CT molecular complexity index is 1610. The Morgan fingerprint density at radius 3 is 2.64 bits per heavy atom. The van der Waals surface area contributed by atoms with Gasteiger partial charge in [0, 0.05) is 17.1 Å². The molecular formula is C33H37N5O3S. The van der Waals surface area contributed by atoms with Gasteiger partial charge in [0.1, 0.15) is 12.6 Å². The highest BCUT2D eigenvalue weighted by molar-refractivity contribution is 7.99. The predicted molar refractivity (Wildman–Crippen MR) is 168 cm³/mol. The normalized spacial score (nSPS) is 14.3. The van der Waals surface area contributed by atoms with Crippen molar-refractivity contribution < 1.29 is 14.3 Å². The molecule has 42 heavy (non-hydrogen) atoms. The van der Waals surface area contributed by atoms with Crippen LogP contribution in [0, 0.1) is 13.8 Å². The first-order chi connectivity index (χ1) is 20.4. The maximum atomic E-state index is 13.9. The number of nitrogens with zero attached hydrogens (tertiary/aromatic N) is 3. The minimum Gasteiger partial charge on any atom is -0.493 e. The summed E-state index contributed by atoms with van der Waals surface area (Å²) in [6, 6.07) is 21.2. The van der Waals surface area contributed by atoms with E-state index in [0.717, 1.165) is 41.0 Å². The molecule has 0 radical (unpaired) electrons. The Labute approximate surface area is 251 Å². The fourth-order valence-corrected chi connectivity index (χ4v) is 5.84. The highest BCUT2D eigenvalue weighted by atomic mass is 32.2. The van der Waals surface area contributed by atoms with Crippen LogP contribution in [0.1, 0.15) is 55.0 Å². The molecule has 2 heterocycles. The highest BCUT2D eigenvalue weighted by Crippen LogP contribution is 2.40. The number of unbranched alkanes of at least 4 members (excludes halogenated alkanes) is 1. The SMILES string of the molecule is CCCCSc1nc2n(n1)C(c1ccc(OCc3ccccc3C)c(OC)c1)C(C(=O)Nc1cccc(C)c1)=C(C)N2. The second kappa shape index (κ2) is 13.2. The Kier molecular flexibility index (Phi) is 9.17. The van der Waals surface area contributed by atoms with Gasteiger partial charge >= 0.3 is 0 Å². The number of anilines is 2. The van der Waals surface area contributed by atoms with Gasteiger partial charge in [0.2, 0.25) is 11.1 Å². The molecule has 218 valence electrons. The molecule has 0 spiro atoms. The molecule has 1 aliphatic heterocycles. The molecule has 1 atom stereocenters. The molecule has 3 aromatic carbocycles. The monoisotopic (exact) mass is 583 g/mol. The average Bonchev–Trinajstić information content (AvgIpc) is 3.38. The predicted octanol–water partition coefficient (Wildman–Crippen LogP) is 7.30. The van der Waals surface area contributed by atoms with Crippen molar-refractivity contribution in [3.63, 3.8) is 0 Å². The van der Waals surface area contributed by atoms with Crippen molar-refractivity contribution in [1.82, 2.24) is 14.8 Å². The number of allylic oxidation sites excluding steroid dienone is 1. The van der Waals surface area contributed by atoms with E-state index in [1.807, 2.05) is 68.4 Å². The number of hydrogen-bond donors (Lipinski definition) is 2. The number of ether oxygens (including phenoxy) is 2. The lowest BCUT2D eigenvalue weighted by Crippen LogP contribution is -2.31. The van der Waals surface area contributed by atoms with Crippen molar-refractivity contribution in [1.29, 1.82) is 0 Å². The molecule has 0 aliphatic carbocycles. The third kappa shape index (κ3) is 6.46. The topological polar surface area (TPSA) is 90.3 Å². The number of methoxy groups -OCH3 is 1. The molecule has 8 nitrogen and oxygen atoms in total. The minimum atomic E-state index is -0.529. The van der Waals surface area contributed by atoms with E-state index in [2.05, 4.69) is 36.6 Å². The molecule has 1 unspecified atom stereocenters. The average molecular weight is 584 g/mol. The quantitative estimate of drug-likeness (QED) is 0.141. The van der Waals surface area contributed by atoms with Crippen LogP contribution in [0.3, 0.4) is 0 Å². The lowest BCUT2D eigenvalue weighted by atomic mass is 9.94. The van der Waals surface area contributed by atoms with E-state index in [0.29, 0.717) is 40.5 Å². The fourth-order valence-electron chi connectivity index (χ4n) is 4.92. The minimum absolute atomic E-state index is 0.212. The number of fused-ring (bicyclic) bond motifs is 1. The van der Waals surface area contributed by atoms with E-state index in [4.69, 9.17) is 19.6 Å². The number of benzene rings is 3. The lowest BCUT2D eigenvalue weighted by molar-refractivity contribution is -0.113. The number of amides is 1. The first kappa shape index (κ1) is 29.3. The number of carbonyl (C=O) groups excluding carboxylic acids is 1. The summed E-state index contributed by atoms with van der Waals surface area (Å²) in [5.74, 6) is 2.52. The summed E-state index contributed by atoms with van der Waals surface area (Å²) in [5, 5.41) is 11.9. The summed E-state index contributed by atoms with van der Waals surface area (Å²) in [5.41, 5.74) is 6.17. The standard InChI is InChI=1S/C33H37N5O3S/c1-6-7-17-42-33-36-32-34-23(4)29(31(39)35-26-14-10-11-21(2)18-26)30(38(32)37-33)24-15-16-27(28(19-24)40-5)41-20-25-13-9-8-12-22(25)3/h8-16,18-19,30H,6-7,17,20H2,1-5H3,(H,35,39)(H,34,36,37). The number of nitrogens with one attached hydrogen (secondary N) is 2. The van der Waals surface area contributed by atoms with Crippen molar-refractivity contribution in [3.05, 3.63) is 100 Å². The van der Waals surface area contributed by atoms with E-state index in [9.17, 15) is 4.79 Å². The van der Waals surface area contributed by atoms with Crippen LogP contribution in [-0.2, 0) is 11.4 Å². The molecular weight excluding hydrogens is 546 g/mol. The van der Waals surface area contributed by atoms with Gasteiger partial charge in [-0.1, -0.05) is 67.6 Å². The second-order valence-corrected chi connectivity index (χ2v) is 11.4. The largest absolute Gasteiger partial charge is 0.493 e. The van der Waals surface area contributed by atoms with Crippen LogP contribution in [-0.4, -0.2) is 33.5 Å². The van der Waals surface area contributed by atoms with Crippen LogP contribution in [0.2, 0.25) is 0 Å². The number of aromatic nitrogens is 3. The number of thioether (sulfide) groups is 1. The van der Waals surface area contributed by atoms with E-state index in [-0.39, 0.29) is 5.91 Å². The van der Waals surface area contributed by atoms with Crippen LogP contribution in [0.4, 0.5) is 11.6 Å². The molecule has 2 N–H and O–H groups in total. The van der Waals surface area contributed by atoms with E-state index in [1.54, 1.807) is 23.6 Å². The summed E-state index contributed by atoms with van der Waals surface area (Å²) in [6.45, 7) is 8.55. The number of aryl methyl sites for hydroxylation is 2. The summed E-state index contributed by atoms with van der Waals surface area (Å²) in [7, 11) is 1.62. The molecule has 4 aromatic rings. The smallest absolute Gasteiger partial charge is 0.255 e. The second-order valence-electron chi connectivity index (χ2n) is 10.4. The van der Waals surface area contributed by atoms with Gasteiger partial charge in [-0.2, -0.15) is 4.98 Å². The van der Waals surface area contributed by atoms with Gasteiger partial charge < -0.3 is 20.1 Å². The lowest BCUT2D eigenvalue weighted by Gasteiger charge is -2.29. The maximum absolute atomic E-state index is 13.9. The van der Waals surface area contributed by atoms with Crippen LogP contribution in [0.5, 0.6) is 11.5 Å². The Hall–Kier alpha value is -4.24. The van der Waals surface area contributed by atoms with Crippen LogP contribution in [0.25, 0.3) is 0 Å². The number of rotatable bonds is 11. The Morgan fingerprint density at radius 2 is 1.88 bits per heavy atom. The summed E-state index contributed by atoms with van der Waals surface area (Å²) in [4.78, 5) is 18.6. The number of carbonyl (C=O) groups is 1. The Morgan fingerprint density at radius 1 is 1.05 bits per heavy atom. The van der Waals surface area contributed by atoms with Gasteiger partial charge in [-0.25, -0.2) is 4.68 Å². The fraction of sp³-hybridized carbons (Fsp3) is 0.303. The van der Waals surface area contributed by atoms with Gasteiger partial charge in [0.15, 0.2) is 11.5 Å². The van der Waals surface area contributed by atoms with E-state index >= 15 is 0 Å². The third-order valence-electron chi connectivity index (χ3n) is 7.23. The molecule has 1 amide bonds. The van der Waals surface area contributed by atoms with Crippen molar-refractivity contribution >= 4 is 29.3 Å². The first-order valence-corrected chi connectivity index (χ1v) is 15.2. The van der Waals surface area contributed by atoms with E-state index < -0.39 is 6.04 Å². The van der Waals surface area contributed by atoms with Crippen molar-refractivity contribution in [2.75, 3.05) is 23.5 Å². The maximum Gasteiger partial charge on any atom is 0.255 e. The van der Waals surface area contributed by atoms with Gasteiger partial charge in [-0.05, 0) is 73.7 Å². The van der Waals surface area contributed by atoms with Crippen LogP contribution >= 0.6 is 11.8 Å². The van der Waals surface area contributed by atoms with Gasteiger partial charge in [-0.15, -0.1) is 5.10 Å². The molecule has 0 saturated heterocycles. The van der Waals surface area contributed by atoms with Gasteiger partial charge in [0.05, 0.1) is 12.7 Å². The summed E-state index contributed by atoms with van der Waals surface area (Å²) in [6.07, 6.45) is 2.18. The van der Waals surface area contributed by atoms with Crippen LogP contribution < -0.4 is 20.1 Å². The van der Waals surface area contributed by atoms with Gasteiger partial charge in [-0.3, -0.25) is 4.79 Å². The van der Waals surface area contributed by atoms with E-state index in [1.165, 1.54) is 5.56 Å². The molecule has 9 heteroatoms. The van der Waals surface area contributed by atoms with Crippen molar-refractivity contribution in [2.45, 2.75) is 58.3 Å². The summed E-state index contributed by atoms with van der Waals surface area (Å²) < 4.78 is 13.8. The molecule has 0 bridgehead atoms. The van der Waals surface area contributed by atoms with Crippen molar-refractivity contribution in [2.24, 2.45) is 0 Å². The third-order valence-corrected chi connectivity index (χ3v) is 8.15. The molecule has 1 aliphatic rings. The zero-order valence-electron chi connectivity index (χ0n) is 24.7. The van der Waals surface area contributed by atoms with Crippen LogP contribution in [0.15, 0.2) is 83.2 Å². The molecule has 0 saturated carbocycles. The van der Waals surface area contributed by atoms with Crippen molar-refractivity contribution in [3.8, 4) is 11.5 Å². The zero-order valence-corrected chi connectivity index (χ0v) is 25.5. The zero-order chi connectivity index (χ0) is 29.6. The molecule has 5 rings (SSSR count). The molecule has 1 aromatic heterocycles. The first-order valence-electron chi connectivity index (χ1n) is 14.2. The molecule has 0 fully saturated rings. The van der Waals surface area contributed by atoms with Gasteiger partial charge in [0.25, 0.3) is 5.91 Å². The number of hydrogen-bond acceptors (Lipinski definition) is 7. The Balaban J connectivity index is 1.51. The summed E-state index contributed by atoms with van der Waals surface area (Å²) >= 11 is 1.62.